The molecular weight excluding hydrogens is 644 g/mol. The first-order valence-corrected chi connectivity index (χ1v) is 16.9. The summed E-state index contributed by atoms with van der Waals surface area (Å²) < 4.78 is 55.1. The highest BCUT2D eigenvalue weighted by atomic mass is 19.1. The van der Waals surface area contributed by atoms with Gasteiger partial charge in [-0.25, -0.2) is 18.6 Å². The zero-order chi connectivity index (χ0) is 35.1. The standard InChI is InChI=1S/C38H39F2N5O5/c1-7-25-29(39)11-8-21-12-24(49-20-47-6)13-26(30(21)25)33-32(40)31-27(14-41-33)35(42-34-28(31)17-43(5)38(34)18-48-19-38)44-15-22-9-10-23(16-44)45(22)36(46)50-37(2,3)4/h1,8,11-14,22-23H,9-10,15-20H2,2-6H3. The van der Waals surface area contributed by atoms with Gasteiger partial charge < -0.3 is 23.8 Å². The van der Waals surface area contributed by atoms with E-state index in [1.165, 1.54) is 13.2 Å². The van der Waals surface area contributed by atoms with Crippen LogP contribution >= 0.6 is 0 Å². The number of hydrogen-bond donors (Lipinski definition) is 0. The summed E-state index contributed by atoms with van der Waals surface area (Å²) in [6.45, 7) is 7.96. The predicted molar refractivity (Wildman–Crippen MR) is 184 cm³/mol. The Bertz CT molecular complexity index is 2090. The zero-order valence-electron chi connectivity index (χ0n) is 28.8. The van der Waals surface area contributed by atoms with Crippen LogP contribution < -0.4 is 9.64 Å². The highest BCUT2D eigenvalue weighted by molar-refractivity contribution is 6.04. The Kier molecular flexibility index (Phi) is 7.67. The van der Waals surface area contributed by atoms with E-state index in [2.05, 4.69) is 15.7 Å². The number of methoxy groups -OCH3 is 1. The molecule has 2 atom stereocenters. The third kappa shape index (κ3) is 4.97. The van der Waals surface area contributed by atoms with E-state index in [0.29, 0.717) is 71.5 Å². The van der Waals surface area contributed by atoms with Crippen LogP contribution in [0.15, 0.2) is 30.5 Å². The number of halogens is 2. The largest absolute Gasteiger partial charge is 0.468 e. The van der Waals surface area contributed by atoms with E-state index in [0.717, 1.165) is 24.1 Å². The molecule has 2 bridgehead atoms. The Hall–Kier alpha value is -4.57. The number of terminal acetylenes is 1. The number of hydrogen-bond acceptors (Lipinski definition) is 9. The van der Waals surface area contributed by atoms with E-state index >= 15 is 8.78 Å². The van der Waals surface area contributed by atoms with Crippen LogP contribution in [0.25, 0.3) is 32.8 Å². The molecule has 0 radical (unpaired) electrons. The first-order valence-electron chi connectivity index (χ1n) is 16.9. The van der Waals surface area contributed by atoms with Gasteiger partial charge in [-0.2, -0.15) is 0 Å². The van der Waals surface area contributed by atoms with E-state index in [9.17, 15) is 4.79 Å². The molecule has 2 unspecified atom stereocenters. The smallest absolute Gasteiger partial charge is 0.410 e. The van der Waals surface area contributed by atoms with Gasteiger partial charge in [-0.05, 0) is 64.2 Å². The topological polar surface area (TPSA) is 89.5 Å². The maximum absolute atomic E-state index is 17.6. The van der Waals surface area contributed by atoms with Crippen LogP contribution in [0.4, 0.5) is 19.4 Å². The van der Waals surface area contributed by atoms with Gasteiger partial charge in [0.15, 0.2) is 12.6 Å². The summed E-state index contributed by atoms with van der Waals surface area (Å²) in [7, 11) is 3.51. The Balaban J connectivity index is 1.31. The fourth-order valence-corrected chi connectivity index (χ4v) is 8.13. The molecule has 8 rings (SSSR count). The van der Waals surface area contributed by atoms with E-state index in [-0.39, 0.29) is 36.2 Å². The number of rotatable bonds is 5. The fourth-order valence-electron chi connectivity index (χ4n) is 8.13. The summed E-state index contributed by atoms with van der Waals surface area (Å²) in [6.07, 6.45) is 8.84. The molecular formula is C38H39F2N5O5. The maximum Gasteiger partial charge on any atom is 0.410 e. The van der Waals surface area contributed by atoms with Crippen molar-refractivity contribution in [3.05, 3.63) is 58.9 Å². The van der Waals surface area contributed by atoms with Gasteiger partial charge in [0, 0.05) is 60.2 Å². The van der Waals surface area contributed by atoms with Crippen molar-refractivity contribution in [2.45, 2.75) is 63.4 Å². The molecule has 12 heteroatoms. The Morgan fingerprint density at radius 2 is 1.88 bits per heavy atom. The van der Waals surface area contributed by atoms with Crippen molar-refractivity contribution in [1.82, 2.24) is 19.8 Å². The number of piperazine rings is 1. The van der Waals surface area contributed by atoms with Crippen LogP contribution in [0, 0.1) is 24.0 Å². The summed E-state index contributed by atoms with van der Waals surface area (Å²) in [6, 6.07) is 6.08. The van der Waals surface area contributed by atoms with Crippen molar-refractivity contribution in [1.29, 1.82) is 0 Å². The molecule has 0 saturated carbocycles. The molecule has 0 N–H and O–H groups in total. The molecule has 2 aromatic heterocycles. The fraction of sp³-hybridized carbons (Fsp3) is 0.447. The van der Waals surface area contributed by atoms with Crippen molar-refractivity contribution in [2.75, 3.05) is 52.2 Å². The SMILES string of the molecule is C#Cc1c(F)ccc2cc(OCOC)cc(-c3ncc4c(N5CC6CCC(C5)N6C(=O)OC(C)(C)C)nc5c(c4c3F)CN(C)C53COC3)c12. The lowest BCUT2D eigenvalue weighted by Gasteiger charge is -2.44. The minimum Gasteiger partial charge on any atom is -0.468 e. The highest BCUT2D eigenvalue weighted by Gasteiger charge is 2.53. The Morgan fingerprint density at radius 3 is 2.52 bits per heavy atom. The second-order valence-corrected chi connectivity index (χ2v) is 14.7. The average Bonchev–Trinajstić information content (AvgIpc) is 3.51. The van der Waals surface area contributed by atoms with Gasteiger partial charge in [0.05, 0.1) is 36.6 Å². The number of carbonyl (C=O) groups is 1. The molecule has 4 aliphatic rings. The van der Waals surface area contributed by atoms with E-state index < -0.39 is 22.8 Å². The summed E-state index contributed by atoms with van der Waals surface area (Å²) >= 11 is 0. The van der Waals surface area contributed by atoms with Gasteiger partial charge in [0.25, 0.3) is 0 Å². The summed E-state index contributed by atoms with van der Waals surface area (Å²) in [5.41, 5.74) is 0.812. The summed E-state index contributed by atoms with van der Waals surface area (Å²) in [5, 5.41) is 1.92. The number of aromatic nitrogens is 2. The highest BCUT2D eigenvalue weighted by Crippen LogP contribution is 2.49. The van der Waals surface area contributed by atoms with Crippen molar-refractivity contribution in [2.24, 2.45) is 0 Å². The minimum atomic E-state index is -0.606. The number of nitrogens with zero attached hydrogens (tertiary/aromatic N) is 5. The number of anilines is 1. The molecule has 2 aromatic carbocycles. The number of amides is 1. The zero-order valence-corrected chi connectivity index (χ0v) is 28.8. The van der Waals surface area contributed by atoms with Crippen LogP contribution in [0.2, 0.25) is 0 Å². The summed E-state index contributed by atoms with van der Waals surface area (Å²) in [5.74, 6) is 2.34. The number of benzene rings is 2. The molecule has 50 heavy (non-hydrogen) atoms. The van der Waals surface area contributed by atoms with Crippen LogP contribution in [-0.4, -0.2) is 90.8 Å². The minimum absolute atomic E-state index is 0.0152. The molecule has 10 nitrogen and oxygen atoms in total. The van der Waals surface area contributed by atoms with Gasteiger partial charge in [-0.1, -0.05) is 12.0 Å². The van der Waals surface area contributed by atoms with Gasteiger partial charge in [-0.3, -0.25) is 14.8 Å². The van der Waals surface area contributed by atoms with Crippen molar-refractivity contribution >= 4 is 33.5 Å². The van der Waals surface area contributed by atoms with Gasteiger partial charge in [0.2, 0.25) is 0 Å². The number of fused-ring (bicyclic) bond motifs is 7. The van der Waals surface area contributed by atoms with Gasteiger partial charge in [-0.15, -0.1) is 6.42 Å². The lowest BCUT2D eigenvalue weighted by Crippen LogP contribution is -2.57. The second-order valence-electron chi connectivity index (χ2n) is 14.7. The second kappa shape index (κ2) is 11.8. The van der Waals surface area contributed by atoms with E-state index in [4.69, 9.17) is 35.3 Å². The van der Waals surface area contributed by atoms with Crippen molar-refractivity contribution in [3.8, 4) is 29.4 Å². The maximum atomic E-state index is 17.6. The molecule has 4 aromatic rings. The molecule has 260 valence electrons. The third-order valence-corrected chi connectivity index (χ3v) is 10.5. The Morgan fingerprint density at radius 1 is 1.14 bits per heavy atom. The molecule has 1 spiro atoms. The lowest BCUT2D eigenvalue weighted by atomic mass is 9.90. The number of pyridine rings is 2. The first-order chi connectivity index (χ1) is 23.9. The molecule has 3 fully saturated rings. The normalized spacial score (nSPS) is 21.1. The molecule has 4 aliphatic heterocycles. The average molecular weight is 684 g/mol. The number of ether oxygens (including phenoxy) is 4. The van der Waals surface area contributed by atoms with Gasteiger partial charge in [0.1, 0.15) is 34.2 Å². The number of likely N-dealkylation sites (N-methyl/N-ethyl adjacent to an activating group) is 1. The van der Waals surface area contributed by atoms with Gasteiger partial charge >= 0.3 is 6.09 Å². The van der Waals surface area contributed by atoms with Crippen molar-refractivity contribution < 1.29 is 32.5 Å². The summed E-state index contributed by atoms with van der Waals surface area (Å²) in [4.78, 5) is 29.5. The van der Waals surface area contributed by atoms with Crippen LogP contribution in [0.5, 0.6) is 5.75 Å². The molecule has 0 aliphatic carbocycles. The van der Waals surface area contributed by atoms with Crippen LogP contribution in [0.1, 0.15) is 50.4 Å². The number of carbonyl (C=O) groups excluding carboxylic acids is 1. The molecule has 1 amide bonds. The molecule has 6 heterocycles. The van der Waals surface area contributed by atoms with E-state index in [1.54, 1.807) is 24.4 Å². The lowest BCUT2D eigenvalue weighted by molar-refractivity contribution is -0.133. The van der Waals surface area contributed by atoms with Crippen molar-refractivity contribution in [3.63, 3.8) is 0 Å². The Labute approximate surface area is 289 Å². The monoisotopic (exact) mass is 683 g/mol. The first kappa shape index (κ1) is 32.6. The van der Waals surface area contributed by atoms with Crippen LogP contribution in [-0.2, 0) is 26.3 Å². The third-order valence-electron chi connectivity index (χ3n) is 10.5. The predicted octanol–water partition coefficient (Wildman–Crippen LogP) is 5.95. The van der Waals surface area contributed by atoms with E-state index in [1.807, 2.05) is 32.7 Å². The molecule has 3 saturated heterocycles. The quantitative estimate of drug-likeness (QED) is 0.187. The van der Waals surface area contributed by atoms with Crippen LogP contribution in [0.3, 0.4) is 0 Å².